The summed E-state index contributed by atoms with van der Waals surface area (Å²) in [5.41, 5.74) is 2.34. The van der Waals surface area contributed by atoms with Crippen molar-refractivity contribution in [1.82, 2.24) is 15.5 Å². The molecule has 5 nitrogen and oxygen atoms in total. The van der Waals surface area contributed by atoms with E-state index < -0.39 is 0 Å². The molecule has 2 N–H and O–H groups in total. The first-order chi connectivity index (χ1) is 11.1. The highest BCUT2D eigenvalue weighted by molar-refractivity contribution is 5.79. The second kappa shape index (κ2) is 8.67. The number of hydrogen-bond acceptors (Lipinski definition) is 3. The van der Waals surface area contributed by atoms with E-state index in [1.54, 1.807) is 0 Å². The zero-order valence-corrected chi connectivity index (χ0v) is 14.1. The third kappa shape index (κ3) is 5.36. The van der Waals surface area contributed by atoms with Gasteiger partial charge in [0.1, 0.15) is 0 Å². The van der Waals surface area contributed by atoms with Gasteiger partial charge in [0.25, 0.3) is 0 Å². The maximum absolute atomic E-state index is 12.1. The van der Waals surface area contributed by atoms with Crippen molar-refractivity contribution in [3.05, 3.63) is 35.4 Å². The van der Waals surface area contributed by atoms with Crippen LogP contribution in [0.2, 0.25) is 0 Å². The summed E-state index contributed by atoms with van der Waals surface area (Å²) in [4.78, 5) is 26.0. The van der Waals surface area contributed by atoms with Gasteiger partial charge in [-0.15, -0.1) is 0 Å². The molecule has 5 heteroatoms. The van der Waals surface area contributed by atoms with Gasteiger partial charge in [0.15, 0.2) is 0 Å². The number of hydrogen-bond donors (Lipinski definition) is 2. The second-order valence-electron chi connectivity index (χ2n) is 6.15. The monoisotopic (exact) mass is 317 g/mol. The summed E-state index contributed by atoms with van der Waals surface area (Å²) in [7, 11) is 0. The minimum absolute atomic E-state index is 0.0460. The fraction of sp³-hybridized carbons (Fsp3) is 0.556. The molecule has 0 atom stereocenters. The Hall–Kier alpha value is -1.88. The number of benzene rings is 1. The highest BCUT2D eigenvalue weighted by Crippen LogP contribution is 2.17. The smallest absolute Gasteiger partial charge is 0.234 e. The Labute approximate surface area is 138 Å². The van der Waals surface area contributed by atoms with E-state index in [1.165, 1.54) is 5.56 Å². The average molecular weight is 317 g/mol. The predicted octanol–water partition coefficient (Wildman–Crippen LogP) is 1.46. The van der Waals surface area contributed by atoms with Crippen LogP contribution in [0, 0.1) is 12.8 Å². The molecule has 23 heavy (non-hydrogen) atoms. The van der Waals surface area contributed by atoms with E-state index in [1.807, 2.05) is 38.1 Å². The first kappa shape index (κ1) is 17.5. The fourth-order valence-electron chi connectivity index (χ4n) is 2.93. The number of amides is 2. The molecule has 1 aromatic carbocycles. The van der Waals surface area contributed by atoms with Crippen LogP contribution >= 0.6 is 0 Å². The Morgan fingerprint density at radius 1 is 1.17 bits per heavy atom. The van der Waals surface area contributed by atoms with Crippen LogP contribution in [0.25, 0.3) is 0 Å². The number of piperidine rings is 1. The summed E-state index contributed by atoms with van der Waals surface area (Å²) < 4.78 is 0. The third-order valence-electron chi connectivity index (χ3n) is 4.41. The van der Waals surface area contributed by atoms with Gasteiger partial charge in [-0.1, -0.05) is 24.3 Å². The van der Waals surface area contributed by atoms with Gasteiger partial charge in [0, 0.05) is 19.0 Å². The molecule has 0 bridgehead atoms. The van der Waals surface area contributed by atoms with Crippen LogP contribution in [0.5, 0.6) is 0 Å². The van der Waals surface area contributed by atoms with E-state index in [0.29, 0.717) is 19.6 Å². The van der Waals surface area contributed by atoms with Crippen LogP contribution in [-0.2, 0) is 16.1 Å². The normalized spacial score (nSPS) is 16.1. The molecule has 1 aliphatic heterocycles. The van der Waals surface area contributed by atoms with Crippen LogP contribution in [0.1, 0.15) is 30.9 Å². The largest absolute Gasteiger partial charge is 0.356 e. The number of carbonyl (C=O) groups excluding carboxylic acids is 2. The molecule has 0 saturated carbocycles. The summed E-state index contributed by atoms with van der Waals surface area (Å²) in [6, 6.07) is 8.07. The number of nitrogens with one attached hydrogen (secondary N) is 2. The summed E-state index contributed by atoms with van der Waals surface area (Å²) in [5, 5.41) is 5.86. The number of aryl methyl sites for hydroxylation is 1. The van der Waals surface area contributed by atoms with Gasteiger partial charge in [-0.3, -0.25) is 14.5 Å². The summed E-state index contributed by atoms with van der Waals surface area (Å²) in [6.45, 7) is 7.26. The SMILES string of the molecule is CCNC(=O)C1CCN(CC(=O)NCc2ccccc2C)CC1. The Kier molecular flexibility index (Phi) is 6.59. The highest BCUT2D eigenvalue weighted by Gasteiger charge is 2.25. The number of carbonyl (C=O) groups is 2. The molecule has 1 heterocycles. The fourth-order valence-corrected chi connectivity index (χ4v) is 2.93. The van der Waals surface area contributed by atoms with Gasteiger partial charge in [-0.05, 0) is 50.9 Å². The molecule has 1 aromatic rings. The molecule has 0 radical (unpaired) electrons. The summed E-state index contributed by atoms with van der Waals surface area (Å²) in [6.07, 6.45) is 1.66. The van der Waals surface area contributed by atoms with E-state index in [4.69, 9.17) is 0 Å². The van der Waals surface area contributed by atoms with Crippen LogP contribution < -0.4 is 10.6 Å². The van der Waals surface area contributed by atoms with Crippen molar-refractivity contribution in [3.8, 4) is 0 Å². The van der Waals surface area contributed by atoms with Gasteiger partial charge in [0.2, 0.25) is 11.8 Å². The maximum atomic E-state index is 12.1. The molecular weight excluding hydrogens is 290 g/mol. The molecule has 1 saturated heterocycles. The molecule has 2 rings (SSSR count). The first-order valence-electron chi connectivity index (χ1n) is 8.41. The van der Waals surface area contributed by atoms with E-state index in [2.05, 4.69) is 15.5 Å². The third-order valence-corrected chi connectivity index (χ3v) is 4.41. The number of rotatable bonds is 6. The Morgan fingerprint density at radius 3 is 2.52 bits per heavy atom. The van der Waals surface area contributed by atoms with Crippen molar-refractivity contribution in [2.45, 2.75) is 33.2 Å². The quantitative estimate of drug-likeness (QED) is 0.835. The van der Waals surface area contributed by atoms with Gasteiger partial charge in [-0.2, -0.15) is 0 Å². The molecule has 126 valence electrons. The minimum Gasteiger partial charge on any atom is -0.356 e. The second-order valence-corrected chi connectivity index (χ2v) is 6.15. The van der Waals surface area contributed by atoms with Gasteiger partial charge < -0.3 is 10.6 Å². The lowest BCUT2D eigenvalue weighted by molar-refractivity contribution is -0.126. The Bertz CT molecular complexity index is 537. The van der Waals surface area contributed by atoms with Crippen LogP contribution in [0.3, 0.4) is 0 Å². The molecule has 2 amide bonds. The van der Waals surface area contributed by atoms with Crippen LogP contribution in [0.4, 0.5) is 0 Å². The summed E-state index contributed by atoms with van der Waals surface area (Å²) >= 11 is 0. The first-order valence-corrected chi connectivity index (χ1v) is 8.41. The Balaban J connectivity index is 1.71. The van der Waals surface area contributed by atoms with E-state index >= 15 is 0 Å². The molecule has 0 spiro atoms. The van der Waals surface area contributed by atoms with E-state index in [0.717, 1.165) is 31.5 Å². The van der Waals surface area contributed by atoms with Crippen molar-refractivity contribution in [1.29, 1.82) is 0 Å². The van der Waals surface area contributed by atoms with Crippen molar-refractivity contribution in [2.24, 2.45) is 5.92 Å². The molecule has 0 aromatic heterocycles. The molecule has 0 aliphatic carbocycles. The average Bonchev–Trinajstić information content (AvgIpc) is 2.55. The Morgan fingerprint density at radius 2 is 1.87 bits per heavy atom. The lowest BCUT2D eigenvalue weighted by atomic mass is 9.96. The zero-order valence-electron chi connectivity index (χ0n) is 14.1. The van der Waals surface area contributed by atoms with Crippen molar-refractivity contribution >= 4 is 11.8 Å². The molecule has 1 aliphatic rings. The van der Waals surface area contributed by atoms with Crippen LogP contribution in [0.15, 0.2) is 24.3 Å². The lowest BCUT2D eigenvalue weighted by Crippen LogP contribution is -2.44. The van der Waals surface area contributed by atoms with Crippen molar-refractivity contribution in [2.75, 3.05) is 26.2 Å². The number of likely N-dealkylation sites (tertiary alicyclic amines) is 1. The molecule has 1 fully saturated rings. The van der Waals surface area contributed by atoms with E-state index in [-0.39, 0.29) is 17.7 Å². The number of nitrogens with zero attached hydrogens (tertiary/aromatic N) is 1. The standard InChI is InChI=1S/C18H27N3O2/c1-3-19-18(23)15-8-10-21(11-9-15)13-17(22)20-12-16-7-5-4-6-14(16)2/h4-7,15H,3,8-13H2,1-2H3,(H,19,23)(H,20,22). The molecular formula is C18H27N3O2. The van der Waals surface area contributed by atoms with Gasteiger partial charge in [-0.25, -0.2) is 0 Å². The van der Waals surface area contributed by atoms with Crippen molar-refractivity contribution in [3.63, 3.8) is 0 Å². The van der Waals surface area contributed by atoms with Gasteiger partial charge in [0.05, 0.1) is 6.54 Å². The maximum Gasteiger partial charge on any atom is 0.234 e. The van der Waals surface area contributed by atoms with Gasteiger partial charge >= 0.3 is 0 Å². The van der Waals surface area contributed by atoms with E-state index in [9.17, 15) is 9.59 Å². The highest BCUT2D eigenvalue weighted by atomic mass is 16.2. The molecule has 0 unspecified atom stereocenters. The van der Waals surface area contributed by atoms with Crippen molar-refractivity contribution < 1.29 is 9.59 Å². The van der Waals surface area contributed by atoms with Crippen LogP contribution in [-0.4, -0.2) is 42.9 Å². The summed E-state index contributed by atoms with van der Waals surface area (Å²) in [5.74, 6) is 0.294. The minimum atomic E-state index is 0.0460. The zero-order chi connectivity index (χ0) is 16.7. The topological polar surface area (TPSA) is 61.4 Å². The predicted molar refractivity (Wildman–Crippen MR) is 90.9 cm³/mol. The lowest BCUT2D eigenvalue weighted by Gasteiger charge is -2.30.